The Morgan fingerprint density at radius 3 is 2.47 bits per heavy atom. The third-order valence-electron chi connectivity index (χ3n) is 6.64. The van der Waals surface area contributed by atoms with Gasteiger partial charge >= 0.3 is 5.97 Å². The van der Waals surface area contributed by atoms with Gasteiger partial charge in [-0.3, -0.25) is 4.79 Å². The Bertz CT molecular complexity index is 1620. The number of carboxylic acids is 1. The Morgan fingerprint density at radius 2 is 1.71 bits per heavy atom. The summed E-state index contributed by atoms with van der Waals surface area (Å²) >= 11 is 3.60. The third kappa shape index (κ3) is 5.22. The summed E-state index contributed by atoms with van der Waals surface area (Å²) in [5.41, 5.74) is 2.79. The van der Waals surface area contributed by atoms with E-state index in [1.54, 1.807) is 12.1 Å². The van der Waals surface area contributed by atoms with E-state index in [1.807, 2.05) is 72.8 Å². The van der Waals surface area contributed by atoms with Crippen molar-refractivity contribution in [3.8, 4) is 5.75 Å². The number of rotatable bonds is 10. The lowest BCUT2D eigenvalue weighted by Gasteiger charge is -2.17. The molecule has 5 aromatic rings. The molecule has 1 heterocycles. The van der Waals surface area contributed by atoms with Gasteiger partial charge in [-0.05, 0) is 56.9 Å². The van der Waals surface area contributed by atoms with E-state index in [-0.39, 0.29) is 12.2 Å². The van der Waals surface area contributed by atoms with Gasteiger partial charge in [0.15, 0.2) is 11.9 Å². The average molecular weight is 571 g/mol. The van der Waals surface area contributed by atoms with Gasteiger partial charge < -0.3 is 14.3 Å². The number of hydrogen-bond donors (Lipinski definition) is 1. The largest absolute Gasteiger partial charge is 0.478 e. The molecular weight excluding hydrogens is 544 g/mol. The number of ether oxygens (including phenoxy) is 1. The Hall–Kier alpha value is -3.90. The zero-order chi connectivity index (χ0) is 26.6. The van der Waals surface area contributed by atoms with Gasteiger partial charge in [0.1, 0.15) is 17.1 Å². The number of aliphatic carboxylic acids is 1. The number of aryl methyl sites for hydroxylation is 1. The van der Waals surface area contributed by atoms with Crippen molar-refractivity contribution in [3.05, 3.63) is 112 Å². The molecule has 5 rings (SSSR count). The van der Waals surface area contributed by atoms with E-state index in [1.165, 1.54) is 0 Å². The van der Waals surface area contributed by atoms with Crippen LogP contribution in [-0.2, 0) is 17.6 Å². The van der Waals surface area contributed by atoms with Crippen LogP contribution in [0.25, 0.3) is 21.7 Å². The number of carboxylic acid groups (broad SMARTS) is 1. The first-order chi connectivity index (χ1) is 18.5. The fraction of sp³-hybridized carbons (Fsp3) is 0.188. The monoisotopic (exact) mass is 570 g/mol. The van der Waals surface area contributed by atoms with E-state index >= 15 is 0 Å². The van der Waals surface area contributed by atoms with Crippen LogP contribution >= 0.6 is 15.9 Å². The fourth-order valence-corrected chi connectivity index (χ4v) is 5.25. The van der Waals surface area contributed by atoms with E-state index in [2.05, 4.69) is 22.9 Å². The number of ketones is 1. The van der Waals surface area contributed by atoms with Crippen molar-refractivity contribution in [2.45, 2.75) is 38.7 Å². The van der Waals surface area contributed by atoms with Crippen molar-refractivity contribution in [2.24, 2.45) is 0 Å². The highest BCUT2D eigenvalue weighted by Crippen LogP contribution is 2.36. The lowest BCUT2D eigenvalue weighted by Crippen LogP contribution is -2.29. The third-order valence-corrected chi connectivity index (χ3v) is 7.46. The first kappa shape index (κ1) is 25.7. The summed E-state index contributed by atoms with van der Waals surface area (Å²) in [6.45, 7) is 2.11. The maximum absolute atomic E-state index is 13.7. The lowest BCUT2D eigenvalue weighted by molar-refractivity contribution is -0.145. The van der Waals surface area contributed by atoms with Crippen LogP contribution in [0.1, 0.15) is 47.0 Å². The van der Waals surface area contributed by atoms with E-state index in [0.29, 0.717) is 27.8 Å². The molecule has 6 heteroatoms. The molecule has 38 heavy (non-hydrogen) atoms. The van der Waals surface area contributed by atoms with Crippen molar-refractivity contribution in [3.63, 3.8) is 0 Å². The Morgan fingerprint density at radius 1 is 0.947 bits per heavy atom. The first-order valence-corrected chi connectivity index (χ1v) is 13.5. The molecule has 1 aromatic heterocycles. The summed E-state index contributed by atoms with van der Waals surface area (Å²) in [6.07, 6.45) is 1.86. The molecule has 1 atom stereocenters. The summed E-state index contributed by atoms with van der Waals surface area (Å²) in [5.74, 6) is 0.0463. The van der Waals surface area contributed by atoms with Crippen LogP contribution in [0.2, 0.25) is 0 Å². The van der Waals surface area contributed by atoms with E-state index in [9.17, 15) is 14.7 Å². The van der Waals surface area contributed by atoms with Gasteiger partial charge in [-0.25, -0.2) is 4.79 Å². The summed E-state index contributed by atoms with van der Waals surface area (Å²) < 4.78 is 12.6. The van der Waals surface area contributed by atoms with Crippen molar-refractivity contribution < 1.29 is 23.8 Å². The fourth-order valence-electron chi connectivity index (χ4n) is 4.67. The van der Waals surface area contributed by atoms with E-state index < -0.39 is 12.1 Å². The minimum absolute atomic E-state index is 0.0757. The summed E-state index contributed by atoms with van der Waals surface area (Å²) in [7, 11) is 0. The number of benzene rings is 4. The maximum Gasteiger partial charge on any atom is 0.345 e. The quantitative estimate of drug-likeness (QED) is 0.172. The Labute approximate surface area is 229 Å². The molecule has 4 aromatic carbocycles. The predicted molar refractivity (Wildman–Crippen MR) is 152 cm³/mol. The van der Waals surface area contributed by atoms with Gasteiger partial charge in [0.05, 0.1) is 10.0 Å². The SMILES string of the molecule is CCCCc1oc2ccccc2c1C(=O)c1ccc2c(Br)c(OC(Cc3ccccc3)C(=O)O)ccc2c1. The molecule has 0 amide bonds. The number of halogens is 1. The number of unbranched alkanes of at least 4 members (excludes halogenated alkanes) is 1. The van der Waals surface area contributed by atoms with Gasteiger partial charge in [0.25, 0.3) is 0 Å². The number of fused-ring (bicyclic) bond motifs is 2. The van der Waals surface area contributed by atoms with E-state index in [0.717, 1.165) is 45.9 Å². The highest BCUT2D eigenvalue weighted by Gasteiger charge is 2.24. The second kappa shape index (κ2) is 11.2. The van der Waals surface area contributed by atoms with Gasteiger partial charge in [0, 0.05) is 23.8 Å². The number of para-hydroxylation sites is 1. The molecule has 1 N–H and O–H groups in total. The predicted octanol–water partition coefficient (Wildman–Crippen LogP) is 8.00. The van der Waals surface area contributed by atoms with Gasteiger partial charge in [-0.2, -0.15) is 0 Å². The number of hydrogen-bond acceptors (Lipinski definition) is 4. The average Bonchev–Trinajstić information content (AvgIpc) is 3.31. The minimum atomic E-state index is -1.04. The molecule has 5 nitrogen and oxygen atoms in total. The van der Waals surface area contributed by atoms with Crippen LogP contribution in [0.3, 0.4) is 0 Å². The molecule has 0 aliphatic heterocycles. The molecule has 0 saturated carbocycles. The second-order valence-electron chi connectivity index (χ2n) is 9.28. The lowest BCUT2D eigenvalue weighted by atomic mass is 9.96. The summed E-state index contributed by atoms with van der Waals surface area (Å²) in [5, 5.41) is 12.2. The number of carbonyl (C=O) groups is 2. The zero-order valence-corrected chi connectivity index (χ0v) is 22.5. The number of furan rings is 1. The van der Waals surface area contributed by atoms with Gasteiger partial charge in [-0.15, -0.1) is 0 Å². The summed E-state index contributed by atoms with van der Waals surface area (Å²) in [4.78, 5) is 25.6. The van der Waals surface area contributed by atoms with Crippen LogP contribution < -0.4 is 4.74 Å². The molecule has 192 valence electrons. The smallest absolute Gasteiger partial charge is 0.345 e. The topological polar surface area (TPSA) is 76.7 Å². The molecule has 0 radical (unpaired) electrons. The maximum atomic E-state index is 13.7. The van der Waals surface area contributed by atoms with Crippen LogP contribution in [0.5, 0.6) is 5.75 Å². The molecule has 0 bridgehead atoms. The first-order valence-electron chi connectivity index (χ1n) is 12.7. The van der Waals surface area contributed by atoms with Crippen LogP contribution in [0.15, 0.2) is 93.8 Å². The highest BCUT2D eigenvalue weighted by atomic mass is 79.9. The molecule has 1 unspecified atom stereocenters. The zero-order valence-electron chi connectivity index (χ0n) is 20.9. The van der Waals surface area contributed by atoms with Crippen LogP contribution in [0.4, 0.5) is 0 Å². The summed E-state index contributed by atoms with van der Waals surface area (Å²) in [6, 6.07) is 26.1. The van der Waals surface area contributed by atoms with Crippen molar-refractivity contribution in [2.75, 3.05) is 0 Å². The molecular formula is C32H27BrO5. The Kier molecular flexibility index (Phi) is 7.61. The highest BCUT2D eigenvalue weighted by molar-refractivity contribution is 9.10. The van der Waals surface area contributed by atoms with Crippen molar-refractivity contribution in [1.82, 2.24) is 0 Å². The number of carbonyl (C=O) groups excluding carboxylic acids is 1. The second-order valence-corrected chi connectivity index (χ2v) is 10.1. The van der Waals surface area contributed by atoms with Crippen molar-refractivity contribution in [1.29, 1.82) is 0 Å². The van der Waals surface area contributed by atoms with Crippen LogP contribution in [0, 0.1) is 0 Å². The Balaban J connectivity index is 1.46. The molecule has 0 saturated heterocycles. The van der Waals surface area contributed by atoms with E-state index in [4.69, 9.17) is 9.15 Å². The molecule has 0 aliphatic carbocycles. The molecule has 0 fully saturated rings. The van der Waals surface area contributed by atoms with Gasteiger partial charge in [-0.1, -0.05) is 80.1 Å². The standard InChI is InChI=1S/C32H27BrO5/c1-2-3-12-26-29(24-11-7-8-13-25(24)37-26)31(34)22-14-16-23-21(19-22)15-17-27(30(23)33)38-28(32(35)36)18-20-9-5-4-6-10-20/h4-11,13-17,19,28H,2-3,12,18H2,1H3,(H,35,36). The normalized spacial score (nSPS) is 12.1. The van der Waals surface area contributed by atoms with Crippen molar-refractivity contribution >= 4 is 49.4 Å². The van der Waals surface area contributed by atoms with Crippen LogP contribution in [-0.4, -0.2) is 23.0 Å². The van der Waals surface area contributed by atoms with Gasteiger partial charge in [0.2, 0.25) is 0 Å². The minimum Gasteiger partial charge on any atom is -0.478 e. The molecule has 0 spiro atoms. The molecule has 0 aliphatic rings.